The minimum atomic E-state index is -0.215. The van der Waals surface area contributed by atoms with E-state index in [0.29, 0.717) is 0 Å². The molecule has 4 aliphatic carbocycles. The van der Waals surface area contributed by atoms with Gasteiger partial charge in [-0.2, -0.15) is 0 Å². The standard InChI is InChI=1S/C11H18O/c12-11-5-8-1-2-9(6-11)4-10(3-8)7-11/h8-10,12H,1-7H2. The molecular weight excluding hydrogens is 148 g/mol. The number of rotatable bonds is 0. The van der Waals surface area contributed by atoms with Crippen molar-refractivity contribution >= 4 is 0 Å². The summed E-state index contributed by atoms with van der Waals surface area (Å²) in [6.07, 6.45) is 9.05. The normalized spacial score (nSPS) is 57.2. The zero-order valence-corrected chi connectivity index (χ0v) is 7.63. The fourth-order valence-electron chi connectivity index (χ4n) is 4.15. The lowest BCUT2D eigenvalue weighted by molar-refractivity contribution is -0.0707. The van der Waals surface area contributed by atoms with Gasteiger partial charge in [-0.25, -0.2) is 0 Å². The first kappa shape index (κ1) is 7.37. The van der Waals surface area contributed by atoms with Gasteiger partial charge < -0.3 is 5.11 Å². The Bertz CT molecular complexity index is 183. The van der Waals surface area contributed by atoms with Crippen molar-refractivity contribution < 1.29 is 5.11 Å². The molecule has 4 fully saturated rings. The minimum absolute atomic E-state index is 0.215. The maximum atomic E-state index is 10.3. The molecule has 4 rings (SSSR count). The smallest absolute Gasteiger partial charge is 0.0655 e. The van der Waals surface area contributed by atoms with Crippen LogP contribution in [0, 0.1) is 17.8 Å². The van der Waals surface area contributed by atoms with Gasteiger partial charge in [-0.15, -0.1) is 0 Å². The predicted octanol–water partition coefficient (Wildman–Crippen LogP) is 2.34. The van der Waals surface area contributed by atoms with Gasteiger partial charge in [0.2, 0.25) is 0 Å². The lowest BCUT2D eigenvalue weighted by Gasteiger charge is -2.44. The van der Waals surface area contributed by atoms with Crippen molar-refractivity contribution in [3.63, 3.8) is 0 Å². The van der Waals surface area contributed by atoms with Crippen molar-refractivity contribution in [1.82, 2.24) is 0 Å². The van der Waals surface area contributed by atoms with E-state index in [-0.39, 0.29) is 5.60 Å². The molecule has 1 N–H and O–H groups in total. The molecule has 0 radical (unpaired) electrons. The van der Waals surface area contributed by atoms with Crippen molar-refractivity contribution in [2.75, 3.05) is 0 Å². The van der Waals surface area contributed by atoms with Crippen molar-refractivity contribution in [2.24, 2.45) is 17.8 Å². The third-order valence-electron chi connectivity index (χ3n) is 4.32. The van der Waals surface area contributed by atoms with Gasteiger partial charge in [-0.05, 0) is 49.9 Å². The quantitative estimate of drug-likeness (QED) is 0.585. The molecule has 0 aromatic rings. The van der Waals surface area contributed by atoms with Gasteiger partial charge in [0.25, 0.3) is 0 Å². The molecule has 1 heteroatoms. The van der Waals surface area contributed by atoms with Crippen molar-refractivity contribution in [1.29, 1.82) is 0 Å². The van der Waals surface area contributed by atoms with Crippen LogP contribution in [0.1, 0.15) is 44.9 Å². The molecule has 1 nitrogen and oxygen atoms in total. The summed E-state index contributed by atoms with van der Waals surface area (Å²) in [5, 5.41) is 10.3. The molecule has 0 aromatic heterocycles. The highest BCUT2D eigenvalue weighted by Gasteiger charge is 2.47. The molecule has 12 heavy (non-hydrogen) atoms. The lowest BCUT2D eigenvalue weighted by atomic mass is 9.65. The van der Waals surface area contributed by atoms with Gasteiger partial charge in [0, 0.05) is 0 Å². The van der Waals surface area contributed by atoms with Crippen molar-refractivity contribution in [3.05, 3.63) is 0 Å². The highest BCUT2D eigenvalue weighted by atomic mass is 16.3. The monoisotopic (exact) mass is 166 g/mol. The van der Waals surface area contributed by atoms with E-state index in [4.69, 9.17) is 0 Å². The van der Waals surface area contributed by atoms with Crippen molar-refractivity contribution in [3.8, 4) is 0 Å². The van der Waals surface area contributed by atoms with Crippen LogP contribution in [0.15, 0.2) is 0 Å². The van der Waals surface area contributed by atoms with E-state index in [9.17, 15) is 5.11 Å². The Morgan fingerprint density at radius 2 is 1.33 bits per heavy atom. The highest BCUT2D eigenvalue weighted by molar-refractivity contribution is 4.99. The van der Waals surface area contributed by atoms with Crippen LogP contribution < -0.4 is 0 Å². The van der Waals surface area contributed by atoms with E-state index < -0.39 is 0 Å². The molecule has 68 valence electrons. The fraction of sp³-hybridized carbons (Fsp3) is 1.00. The maximum Gasteiger partial charge on any atom is 0.0655 e. The largest absolute Gasteiger partial charge is 0.390 e. The Morgan fingerprint density at radius 1 is 0.833 bits per heavy atom. The highest BCUT2D eigenvalue weighted by Crippen LogP contribution is 2.52. The second kappa shape index (κ2) is 2.25. The van der Waals surface area contributed by atoms with E-state index >= 15 is 0 Å². The SMILES string of the molecule is OC12CC3CCC(CC(C3)C1)C2. The molecule has 0 aromatic carbocycles. The van der Waals surface area contributed by atoms with Crippen LogP contribution >= 0.6 is 0 Å². The zero-order valence-electron chi connectivity index (χ0n) is 7.63. The van der Waals surface area contributed by atoms with E-state index in [0.717, 1.165) is 37.0 Å². The molecule has 4 aliphatic rings. The second-order valence-electron chi connectivity index (χ2n) is 5.48. The molecule has 0 saturated heterocycles. The molecule has 2 atom stereocenters. The van der Waals surface area contributed by atoms with E-state index in [2.05, 4.69) is 0 Å². The van der Waals surface area contributed by atoms with Gasteiger partial charge in [-0.1, -0.05) is 12.8 Å². The summed E-state index contributed by atoms with van der Waals surface area (Å²) in [7, 11) is 0. The first-order valence-electron chi connectivity index (χ1n) is 5.46. The van der Waals surface area contributed by atoms with Gasteiger partial charge >= 0.3 is 0 Å². The van der Waals surface area contributed by atoms with Crippen LogP contribution in [0.2, 0.25) is 0 Å². The zero-order chi connectivity index (χ0) is 8.18. The van der Waals surface area contributed by atoms with E-state index in [1.807, 2.05) is 0 Å². The average molecular weight is 166 g/mol. The summed E-state index contributed by atoms with van der Waals surface area (Å²) < 4.78 is 0. The maximum absolute atomic E-state index is 10.3. The number of fused-ring (bicyclic) bond motifs is 1. The van der Waals surface area contributed by atoms with Gasteiger partial charge in [-0.3, -0.25) is 0 Å². The van der Waals surface area contributed by atoms with Crippen LogP contribution in [0.3, 0.4) is 0 Å². The molecule has 0 spiro atoms. The summed E-state index contributed by atoms with van der Waals surface area (Å²) in [6.45, 7) is 0. The van der Waals surface area contributed by atoms with Crippen LogP contribution in [0.4, 0.5) is 0 Å². The third kappa shape index (κ3) is 1.02. The third-order valence-corrected chi connectivity index (χ3v) is 4.32. The minimum Gasteiger partial charge on any atom is -0.390 e. The lowest BCUT2D eigenvalue weighted by Crippen LogP contribution is -2.42. The molecule has 4 bridgehead atoms. The summed E-state index contributed by atoms with van der Waals surface area (Å²) in [5.74, 6) is 2.64. The molecule has 2 unspecified atom stereocenters. The molecule has 4 saturated carbocycles. The van der Waals surface area contributed by atoms with Crippen LogP contribution in [-0.4, -0.2) is 10.7 Å². The average Bonchev–Trinajstić information content (AvgIpc) is 2.14. The molecule has 0 heterocycles. The number of hydrogen-bond acceptors (Lipinski definition) is 1. The second-order valence-corrected chi connectivity index (χ2v) is 5.48. The van der Waals surface area contributed by atoms with E-state index in [1.165, 1.54) is 25.7 Å². The Kier molecular flexibility index (Phi) is 1.39. The Balaban J connectivity index is 1.95. The first-order valence-corrected chi connectivity index (χ1v) is 5.46. The Morgan fingerprint density at radius 3 is 1.83 bits per heavy atom. The Hall–Kier alpha value is -0.0400. The predicted molar refractivity (Wildman–Crippen MR) is 47.7 cm³/mol. The first-order chi connectivity index (χ1) is 5.73. The van der Waals surface area contributed by atoms with Crippen molar-refractivity contribution in [2.45, 2.75) is 50.5 Å². The van der Waals surface area contributed by atoms with Gasteiger partial charge in [0.1, 0.15) is 0 Å². The molecule has 0 amide bonds. The van der Waals surface area contributed by atoms with Crippen LogP contribution in [0.5, 0.6) is 0 Å². The topological polar surface area (TPSA) is 20.2 Å². The number of hydrogen-bond donors (Lipinski definition) is 1. The molecule has 0 aliphatic heterocycles. The summed E-state index contributed by atoms with van der Waals surface area (Å²) in [5.41, 5.74) is -0.215. The van der Waals surface area contributed by atoms with Crippen LogP contribution in [-0.2, 0) is 0 Å². The summed E-state index contributed by atoms with van der Waals surface area (Å²) in [4.78, 5) is 0. The van der Waals surface area contributed by atoms with Gasteiger partial charge in [0.15, 0.2) is 0 Å². The van der Waals surface area contributed by atoms with Gasteiger partial charge in [0.05, 0.1) is 5.60 Å². The fourth-order valence-corrected chi connectivity index (χ4v) is 4.15. The Labute approximate surface area is 74.2 Å². The number of aliphatic hydroxyl groups is 1. The summed E-state index contributed by atoms with van der Waals surface area (Å²) in [6, 6.07) is 0. The van der Waals surface area contributed by atoms with Crippen LogP contribution in [0.25, 0.3) is 0 Å². The molecular formula is C11H18O. The summed E-state index contributed by atoms with van der Waals surface area (Å²) >= 11 is 0. The van der Waals surface area contributed by atoms with E-state index in [1.54, 1.807) is 0 Å².